The van der Waals surface area contributed by atoms with E-state index in [-0.39, 0.29) is 17.1 Å². The molecule has 2 rings (SSSR count). The molecule has 1 atom stereocenters. The lowest BCUT2D eigenvalue weighted by atomic mass is 10.1. The molecular formula is C14H16ClFN2O. The van der Waals surface area contributed by atoms with Gasteiger partial charge >= 0.3 is 6.03 Å². The Kier molecular flexibility index (Phi) is 4.10. The molecule has 19 heavy (non-hydrogen) atoms. The SMILES string of the molecule is CC(C)[C@H]1C=CCN1C(=O)Nc1ccc(F)c(Cl)c1. The van der Waals surface area contributed by atoms with Gasteiger partial charge in [-0.05, 0) is 24.1 Å². The van der Waals surface area contributed by atoms with Gasteiger partial charge < -0.3 is 10.2 Å². The smallest absolute Gasteiger partial charge is 0.314 e. The molecule has 2 amide bonds. The molecule has 0 aromatic heterocycles. The summed E-state index contributed by atoms with van der Waals surface area (Å²) in [7, 11) is 0. The van der Waals surface area contributed by atoms with Crippen LogP contribution in [0.15, 0.2) is 30.4 Å². The minimum absolute atomic E-state index is 0.00208. The Labute approximate surface area is 117 Å². The van der Waals surface area contributed by atoms with Crippen LogP contribution in [0.1, 0.15) is 13.8 Å². The highest BCUT2D eigenvalue weighted by Gasteiger charge is 2.27. The molecule has 5 heteroatoms. The number of hydrogen-bond donors (Lipinski definition) is 1. The standard InChI is InChI=1S/C14H16ClFN2O/c1-9(2)13-4-3-7-18(13)14(19)17-10-5-6-12(16)11(15)8-10/h3-6,8-9,13H,7H2,1-2H3,(H,17,19)/t13-/m1/s1. The van der Waals surface area contributed by atoms with Gasteiger partial charge in [0.25, 0.3) is 0 Å². The second-order valence-corrected chi connectivity index (χ2v) is 5.28. The third-order valence-corrected chi connectivity index (χ3v) is 3.40. The van der Waals surface area contributed by atoms with Crippen LogP contribution in [0.25, 0.3) is 0 Å². The van der Waals surface area contributed by atoms with Crippen molar-refractivity contribution < 1.29 is 9.18 Å². The number of carbonyl (C=O) groups excluding carboxylic acids is 1. The van der Waals surface area contributed by atoms with E-state index in [1.165, 1.54) is 18.2 Å². The lowest BCUT2D eigenvalue weighted by Gasteiger charge is -2.27. The number of rotatable bonds is 2. The molecule has 1 N–H and O–H groups in total. The Morgan fingerprint density at radius 3 is 2.89 bits per heavy atom. The molecule has 1 aliphatic heterocycles. The maximum absolute atomic E-state index is 13.0. The maximum atomic E-state index is 13.0. The van der Waals surface area contributed by atoms with Gasteiger partial charge in [-0.3, -0.25) is 0 Å². The van der Waals surface area contributed by atoms with Crippen LogP contribution < -0.4 is 5.32 Å². The van der Waals surface area contributed by atoms with Gasteiger partial charge in [-0.1, -0.05) is 37.6 Å². The monoisotopic (exact) mass is 282 g/mol. The molecule has 3 nitrogen and oxygen atoms in total. The number of nitrogens with zero attached hydrogens (tertiary/aromatic N) is 1. The molecule has 1 heterocycles. The summed E-state index contributed by atoms with van der Waals surface area (Å²) < 4.78 is 13.0. The molecule has 0 fully saturated rings. The average molecular weight is 283 g/mol. The molecule has 1 aromatic rings. The van der Waals surface area contributed by atoms with Gasteiger partial charge in [0.15, 0.2) is 0 Å². The summed E-state index contributed by atoms with van der Waals surface area (Å²) in [5.74, 6) is -0.149. The third-order valence-electron chi connectivity index (χ3n) is 3.11. The summed E-state index contributed by atoms with van der Waals surface area (Å²) in [6, 6.07) is 4.03. The van der Waals surface area contributed by atoms with Crippen LogP contribution in [0.3, 0.4) is 0 Å². The Bertz CT molecular complexity index is 516. The first-order valence-electron chi connectivity index (χ1n) is 6.18. The van der Waals surface area contributed by atoms with Crippen molar-refractivity contribution in [1.29, 1.82) is 0 Å². The molecule has 0 radical (unpaired) electrons. The zero-order valence-electron chi connectivity index (χ0n) is 10.9. The van der Waals surface area contributed by atoms with Gasteiger partial charge in [0.2, 0.25) is 0 Å². The molecule has 0 unspecified atom stereocenters. The summed E-state index contributed by atoms with van der Waals surface area (Å²) in [6.45, 7) is 4.72. The molecule has 102 valence electrons. The quantitative estimate of drug-likeness (QED) is 0.820. The first-order chi connectivity index (χ1) is 8.99. The molecule has 0 saturated carbocycles. The first kappa shape index (κ1) is 13.9. The second-order valence-electron chi connectivity index (χ2n) is 4.87. The van der Waals surface area contributed by atoms with Crippen molar-refractivity contribution in [3.63, 3.8) is 0 Å². The summed E-state index contributed by atoms with van der Waals surface area (Å²) >= 11 is 5.68. The Balaban J connectivity index is 2.07. The Morgan fingerprint density at radius 1 is 1.53 bits per heavy atom. The molecule has 1 aromatic carbocycles. The van der Waals surface area contributed by atoms with Crippen LogP contribution in [0.5, 0.6) is 0 Å². The van der Waals surface area contributed by atoms with Crippen molar-refractivity contribution in [3.8, 4) is 0 Å². The molecular weight excluding hydrogens is 267 g/mol. The predicted molar refractivity (Wildman–Crippen MR) is 74.9 cm³/mol. The fourth-order valence-electron chi connectivity index (χ4n) is 2.11. The fraction of sp³-hybridized carbons (Fsp3) is 0.357. The van der Waals surface area contributed by atoms with Gasteiger partial charge in [0, 0.05) is 12.2 Å². The van der Waals surface area contributed by atoms with Crippen LogP contribution >= 0.6 is 11.6 Å². The fourth-order valence-corrected chi connectivity index (χ4v) is 2.29. The van der Waals surface area contributed by atoms with Crippen molar-refractivity contribution in [2.24, 2.45) is 5.92 Å². The number of urea groups is 1. The minimum Gasteiger partial charge on any atom is -0.314 e. The average Bonchev–Trinajstić information content (AvgIpc) is 2.83. The van der Waals surface area contributed by atoms with Crippen LogP contribution in [-0.4, -0.2) is 23.5 Å². The van der Waals surface area contributed by atoms with Gasteiger partial charge in [0.05, 0.1) is 11.1 Å². The Hall–Kier alpha value is -1.55. The molecule has 0 aliphatic carbocycles. The van der Waals surface area contributed by atoms with Crippen LogP contribution in [0.2, 0.25) is 5.02 Å². The highest BCUT2D eigenvalue weighted by atomic mass is 35.5. The topological polar surface area (TPSA) is 32.3 Å². The van der Waals surface area contributed by atoms with Gasteiger partial charge in [0.1, 0.15) is 5.82 Å². The molecule has 0 bridgehead atoms. The van der Waals surface area contributed by atoms with Crippen molar-refractivity contribution in [2.75, 3.05) is 11.9 Å². The van der Waals surface area contributed by atoms with Gasteiger partial charge in [-0.25, -0.2) is 9.18 Å². The van der Waals surface area contributed by atoms with E-state index < -0.39 is 5.82 Å². The largest absolute Gasteiger partial charge is 0.322 e. The number of hydrogen-bond acceptors (Lipinski definition) is 1. The zero-order chi connectivity index (χ0) is 14.0. The van der Waals surface area contributed by atoms with Crippen molar-refractivity contribution >= 4 is 23.3 Å². The normalized spacial score (nSPS) is 18.2. The van der Waals surface area contributed by atoms with Gasteiger partial charge in [-0.2, -0.15) is 0 Å². The van der Waals surface area contributed by atoms with Crippen LogP contribution in [0, 0.1) is 11.7 Å². The highest BCUT2D eigenvalue weighted by molar-refractivity contribution is 6.31. The summed E-state index contributed by atoms with van der Waals surface area (Å²) in [5, 5.41) is 2.73. The minimum atomic E-state index is -0.498. The molecule has 0 saturated heterocycles. The number of nitrogens with one attached hydrogen (secondary N) is 1. The third kappa shape index (κ3) is 3.07. The van der Waals surface area contributed by atoms with Crippen LogP contribution in [0.4, 0.5) is 14.9 Å². The molecule has 0 spiro atoms. The number of benzene rings is 1. The summed E-state index contributed by atoms with van der Waals surface area (Å²) in [6.07, 6.45) is 4.00. The summed E-state index contributed by atoms with van der Waals surface area (Å²) in [4.78, 5) is 13.9. The van der Waals surface area contributed by atoms with E-state index in [9.17, 15) is 9.18 Å². The van der Waals surface area contributed by atoms with E-state index in [0.29, 0.717) is 18.2 Å². The number of carbonyl (C=O) groups is 1. The van der Waals surface area contributed by atoms with E-state index in [4.69, 9.17) is 11.6 Å². The van der Waals surface area contributed by atoms with E-state index >= 15 is 0 Å². The number of amides is 2. The number of anilines is 1. The summed E-state index contributed by atoms with van der Waals surface area (Å²) in [5.41, 5.74) is 0.491. The van der Waals surface area contributed by atoms with Crippen molar-refractivity contribution in [2.45, 2.75) is 19.9 Å². The van der Waals surface area contributed by atoms with E-state index in [1.54, 1.807) is 4.90 Å². The maximum Gasteiger partial charge on any atom is 0.322 e. The van der Waals surface area contributed by atoms with E-state index in [0.717, 1.165) is 0 Å². The zero-order valence-corrected chi connectivity index (χ0v) is 11.6. The predicted octanol–water partition coefficient (Wildman–Crippen LogP) is 3.91. The van der Waals surface area contributed by atoms with E-state index in [1.807, 2.05) is 12.2 Å². The lowest BCUT2D eigenvalue weighted by Crippen LogP contribution is -2.41. The van der Waals surface area contributed by atoms with E-state index in [2.05, 4.69) is 19.2 Å². The van der Waals surface area contributed by atoms with Crippen molar-refractivity contribution in [3.05, 3.63) is 41.2 Å². The van der Waals surface area contributed by atoms with Gasteiger partial charge in [-0.15, -0.1) is 0 Å². The Morgan fingerprint density at radius 2 is 2.26 bits per heavy atom. The highest BCUT2D eigenvalue weighted by Crippen LogP contribution is 2.22. The second kappa shape index (κ2) is 5.61. The first-order valence-corrected chi connectivity index (χ1v) is 6.56. The van der Waals surface area contributed by atoms with Crippen LogP contribution in [-0.2, 0) is 0 Å². The molecule has 1 aliphatic rings. The van der Waals surface area contributed by atoms with Crippen molar-refractivity contribution in [1.82, 2.24) is 4.90 Å². The lowest BCUT2D eigenvalue weighted by molar-refractivity contribution is 0.199. The number of halogens is 2.